The van der Waals surface area contributed by atoms with Crippen LogP contribution in [0.15, 0.2) is 30.3 Å². The van der Waals surface area contributed by atoms with Crippen LogP contribution in [0.5, 0.6) is 0 Å². The van der Waals surface area contributed by atoms with Crippen molar-refractivity contribution >= 4 is 0 Å². The molecule has 0 saturated heterocycles. The van der Waals surface area contributed by atoms with Crippen molar-refractivity contribution in [1.29, 1.82) is 0 Å². The van der Waals surface area contributed by atoms with Gasteiger partial charge in [-0.05, 0) is 24.3 Å². The molecule has 1 aliphatic carbocycles. The van der Waals surface area contributed by atoms with Gasteiger partial charge in [0.2, 0.25) is 0 Å². The lowest BCUT2D eigenvalue weighted by atomic mass is 10.1. The minimum atomic E-state index is 0.660. The second-order valence-corrected chi connectivity index (χ2v) is 4.27. The number of hydrogen-bond donors (Lipinski definition) is 1. The number of hydrogen-bond acceptors (Lipinski definition) is 2. The van der Waals surface area contributed by atoms with Crippen molar-refractivity contribution in [3.05, 3.63) is 35.9 Å². The molecule has 0 amide bonds. The molecule has 1 aliphatic rings. The first-order valence-electron chi connectivity index (χ1n) is 5.84. The van der Waals surface area contributed by atoms with Gasteiger partial charge < -0.3 is 0 Å². The Labute approximate surface area is 91.6 Å². The predicted octanol–water partition coefficient (Wildman–Crippen LogP) is 2.90. The molecule has 2 heteroatoms. The second kappa shape index (κ2) is 5.89. The van der Waals surface area contributed by atoms with Gasteiger partial charge in [-0.1, -0.05) is 43.2 Å². The highest BCUT2D eigenvalue weighted by atomic mass is 16.6. The van der Waals surface area contributed by atoms with Crippen molar-refractivity contribution in [3.8, 4) is 0 Å². The molecule has 1 aromatic carbocycles. The average molecular weight is 205 g/mol. The summed E-state index contributed by atoms with van der Waals surface area (Å²) in [5.74, 6) is 0.834. The summed E-state index contributed by atoms with van der Waals surface area (Å²) in [6.07, 6.45) is 5.51. The quantitative estimate of drug-likeness (QED) is 0.589. The minimum Gasteiger partial charge on any atom is -0.297 e. The molecule has 1 fully saturated rings. The van der Waals surface area contributed by atoms with E-state index in [1.165, 1.54) is 31.2 Å². The van der Waals surface area contributed by atoms with Gasteiger partial charge in [0.05, 0.1) is 6.61 Å². The number of hydroxylamine groups is 1. The molecule has 0 spiro atoms. The van der Waals surface area contributed by atoms with Crippen LogP contribution in [0.25, 0.3) is 0 Å². The van der Waals surface area contributed by atoms with E-state index in [0.717, 1.165) is 12.5 Å². The molecule has 0 aromatic heterocycles. The molecule has 1 aromatic rings. The SMILES string of the molecule is c1ccc(CONCC2CCCC2)cc1. The summed E-state index contributed by atoms with van der Waals surface area (Å²) >= 11 is 0. The normalized spacial score (nSPS) is 17.1. The van der Waals surface area contributed by atoms with Gasteiger partial charge in [0.25, 0.3) is 0 Å². The van der Waals surface area contributed by atoms with E-state index >= 15 is 0 Å². The fourth-order valence-electron chi connectivity index (χ4n) is 2.10. The third kappa shape index (κ3) is 3.65. The van der Waals surface area contributed by atoms with Crippen LogP contribution >= 0.6 is 0 Å². The number of benzene rings is 1. The molecule has 0 aliphatic heterocycles. The molecular weight excluding hydrogens is 186 g/mol. The molecular formula is C13H19NO. The largest absolute Gasteiger partial charge is 0.297 e. The Hall–Kier alpha value is -0.860. The zero-order chi connectivity index (χ0) is 10.3. The zero-order valence-electron chi connectivity index (χ0n) is 9.11. The van der Waals surface area contributed by atoms with Crippen molar-refractivity contribution in [2.75, 3.05) is 6.54 Å². The van der Waals surface area contributed by atoms with Crippen molar-refractivity contribution in [1.82, 2.24) is 5.48 Å². The Bertz CT molecular complexity index is 267. The Morgan fingerprint density at radius 2 is 1.87 bits per heavy atom. The van der Waals surface area contributed by atoms with Gasteiger partial charge in [-0.3, -0.25) is 4.84 Å². The molecule has 0 bridgehead atoms. The maximum absolute atomic E-state index is 5.43. The van der Waals surface area contributed by atoms with Crippen LogP contribution < -0.4 is 5.48 Å². The van der Waals surface area contributed by atoms with E-state index in [0.29, 0.717) is 6.61 Å². The predicted molar refractivity (Wildman–Crippen MR) is 61.2 cm³/mol. The van der Waals surface area contributed by atoms with E-state index in [2.05, 4.69) is 17.6 Å². The Balaban J connectivity index is 1.59. The lowest BCUT2D eigenvalue weighted by molar-refractivity contribution is 0.0200. The van der Waals surface area contributed by atoms with E-state index < -0.39 is 0 Å². The van der Waals surface area contributed by atoms with Gasteiger partial charge in [0, 0.05) is 6.54 Å². The molecule has 1 N–H and O–H groups in total. The molecule has 2 rings (SSSR count). The smallest absolute Gasteiger partial charge is 0.0933 e. The zero-order valence-corrected chi connectivity index (χ0v) is 9.11. The summed E-state index contributed by atoms with van der Waals surface area (Å²) in [6.45, 7) is 1.67. The molecule has 0 radical (unpaired) electrons. The molecule has 15 heavy (non-hydrogen) atoms. The van der Waals surface area contributed by atoms with Crippen molar-refractivity contribution < 1.29 is 4.84 Å². The maximum atomic E-state index is 5.43. The van der Waals surface area contributed by atoms with Crippen molar-refractivity contribution in [2.45, 2.75) is 32.3 Å². The van der Waals surface area contributed by atoms with Crippen LogP contribution in [-0.2, 0) is 11.4 Å². The highest BCUT2D eigenvalue weighted by Gasteiger charge is 2.13. The summed E-state index contributed by atoms with van der Waals surface area (Å²) in [5, 5.41) is 0. The third-order valence-electron chi connectivity index (χ3n) is 3.03. The Kier molecular flexibility index (Phi) is 4.18. The number of nitrogens with one attached hydrogen (secondary N) is 1. The van der Waals surface area contributed by atoms with Crippen LogP contribution in [-0.4, -0.2) is 6.54 Å². The van der Waals surface area contributed by atoms with Gasteiger partial charge in [-0.2, -0.15) is 0 Å². The number of rotatable bonds is 5. The van der Waals surface area contributed by atoms with E-state index in [9.17, 15) is 0 Å². The highest BCUT2D eigenvalue weighted by Crippen LogP contribution is 2.23. The average Bonchev–Trinajstić information content (AvgIpc) is 2.79. The van der Waals surface area contributed by atoms with E-state index in [-0.39, 0.29) is 0 Å². The van der Waals surface area contributed by atoms with E-state index in [4.69, 9.17) is 4.84 Å². The second-order valence-electron chi connectivity index (χ2n) is 4.27. The minimum absolute atomic E-state index is 0.660. The van der Waals surface area contributed by atoms with Crippen LogP contribution in [0.2, 0.25) is 0 Å². The fourth-order valence-corrected chi connectivity index (χ4v) is 2.10. The Morgan fingerprint density at radius 3 is 2.60 bits per heavy atom. The standard InChI is InChI=1S/C13H19NO/c1-2-8-13(9-3-1)11-15-14-10-12-6-4-5-7-12/h1-3,8-9,12,14H,4-7,10-11H2. The summed E-state index contributed by atoms with van der Waals surface area (Å²) in [6, 6.07) is 10.3. The molecule has 0 atom stereocenters. The first kappa shape index (κ1) is 10.7. The van der Waals surface area contributed by atoms with Crippen molar-refractivity contribution in [3.63, 3.8) is 0 Å². The van der Waals surface area contributed by atoms with E-state index in [1.807, 2.05) is 18.2 Å². The molecule has 0 heterocycles. The topological polar surface area (TPSA) is 21.3 Å². The van der Waals surface area contributed by atoms with Crippen LogP contribution in [0.1, 0.15) is 31.2 Å². The van der Waals surface area contributed by atoms with Gasteiger partial charge in [0.1, 0.15) is 0 Å². The summed E-state index contributed by atoms with van der Waals surface area (Å²) < 4.78 is 0. The first-order valence-corrected chi connectivity index (χ1v) is 5.84. The first-order chi connectivity index (χ1) is 7.45. The monoisotopic (exact) mass is 205 g/mol. The Morgan fingerprint density at radius 1 is 1.13 bits per heavy atom. The summed E-state index contributed by atoms with van der Waals surface area (Å²) in [4.78, 5) is 5.43. The van der Waals surface area contributed by atoms with Gasteiger partial charge >= 0.3 is 0 Å². The van der Waals surface area contributed by atoms with Crippen LogP contribution in [0, 0.1) is 5.92 Å². The van der Waals surface area contributed by atoms with Crippen molar-refractivity contribution in [2.24, 2.45) is 5.92 Å². The fraction of sp³-hybridized carbons (Fsp3) is 0.538. The third-order valence-corrected chi connectivity index (χ3v) is 3.03. The molecule has 2 nitrogen and oxygen atoms in total. The van der Waals surface area contributed by atoms with E-state index in [1.54, 1.807) is 0 Å². The lowest BCUT2D eigenvalue weighted by Gasteiger charge is -2.10. The summed E-state index contributed by atoms with van der Waals surface area (Å²) in [7, 11) is 0. The summed E-state index contributed by atoms with van der Waals surface area (Å²) in [5.41, 5.74) is 4.29. The van der Waals surface area contributed by atoms with Gasteiger partial charge in [-0.25, -0.2) is 5.48 Å². The van der Waals surface area contributed by atoms with Gasteiger partial charge in [-0.15, -0.1) is 0 Å². The maximum Gasteiger partial charge on any atom is 0.0933 e. The van der Waals surface area contributed by atoms with Gasteiger partial charge in [0.15, 0.2) is 0 Å². The molecule has 0 unspecified atom stereocenters. The highest BCUT2D eigenvalue weighted by molar-refractivity contribution is 5.13. The van der Waals surface area contributed by atoms with Crippen LogP contribution in [0.4, 0.5) is 0 Å². The van der Waals surface area contributed by atoms with Crippen LogP contribution in [0.3, 0.4) is 0 Å². The lowest BCUT2D eigenvalue weighted by Crippen LogP contribution is -2.21. The molecule has 1 saturated carbocycles. The molecule has 82 valence electrons.